The van der Waals surface area contributed by atoms with Gasteiger partial charge in [0.05, 0.1) is 5.41 Å². The number of hydrogen-bond acceptors (Lipinski definition) is 3. The molecule has 1 aliphatic heterocycles. The summed E-state index contributed by atoms with van der Waals surface area (Å²) < 4.78 is 5.37. The number of halogens is 1. The molecule has 3 rings (SSSR count). The average Bonchev–Trinajstić information content (AvgIpc) is 3.34. The molecule has 4 nitrogen and oxygen atoms in total. The normalized spacial score (nSPS) is 22.1. The zero-order valence-electron chi connectivity index (χ0n) is 12.7. The molecule has 1 aromatic rings. The number of nitrogens with one attached hydrogen (secondary N) is 1. The van der Waals surface area contributed by atoms with Crippen molar-refractivity contribution in [1.29, 1.82) is 0 Å². The van der Waals surface area contributed by atoms with E-state index in [0.29, 0.717) is 39.1 Å². The molecule has 0 aromatic heterocycles. The van der Waals surface area contributed by atoms with E-state index in [4.69, 9.17) is 22.1 Å². The fourth-order valence-corrected chi connectivity index (χ4v) is 3.45. The Morgan fingerprint density at radius 1 is 1.27 bits per heavy atom. The number of ether oxygens (including phenoxy) is 1. The van der Waals surface area contributed by atoms with Crippen molar-refractivity contribution < 1.29 is 9.53 Å². The van der Waals surface area contributed by atoms with Crippen LogP contribution in [0.3, 0.4) is 0 Å². The number of nitrogens with two attached hydrogens (primary N) is 1. The Morgan fingerprint density at radius 2 is 2.00 bits per heavy atom. The molecule has 0 spiro atoms. The number of carbonyl (C=O) groups is 1. The Bertz CT molecular complexity index is 551. The molecule has 22 heavy (non-hydrogen) atoms. The van der Waals surface area contributed by atoms with Crippen molar-refractivity contribution in [1.82, 2.24) is 5.32 Å². The Labute approximate surface area is 136 Å². The second kappa shape index (κ2) is 6.19. The van der Waals surface area contributed by atoms with Crippen LogP contribution in [0.25, 0.3) is 0 Å². The highest BCUT2D eigenvalue weighted by molar-refractivity contribution is 6.30. The van der Waals surface area contributed by atoms with E-state index in [-0.39, 0.29) is 11.3 Å². The molecule has 120 valence electrons. The van der Waals surface area contributed by atoms with Crippen LogP contribution >= 0.6 is 11.6 Å². The Kier molecular flexibility index (Phi) is 4.44. The van der Waals surface area contributed by atoms with Crippen LogP contribution in [0.15, 0.2) is 24.3 Å². The van der Waals surface area contributed by atoms with E-state index in [0.717, 1.165) is 17.9 Å². The third-order valence-corrected chi connectivity index (χ3v) is 5.44. The molecule has 0 radical (unpaired) electrons. The van der Waals surface area contributed by atoms with Crippen molar-refractivity contribution in [3.05, 3.63) is 34.9 Å². The Hall–Kier alpha value is -1.10. The number of carbonyl (C=O) groups excluding carboxylic acids is 1. The largest absolute Gasteiger partial charge is 0.381 e. The summed E-state index contributed by atoms with van der Waals surface area (Å²) in [6.07, 6.45) is 3.59. The highest BCUT2D eigenvalue weighted by Gasteiger charge is 2.46. The first-order chi connectivity index (χ1) is 10.6. The zero-order valence-corrected chi connectivity index (χ0v) is 13.5. The zero-order chi connectivity index (χ0) is 15.6. The van der Waals surface area contributed by atoms with Crippen LogP contribution in [0, 0.1) is 5.41 Å². The van der Waals surface area contributed by atoms with E-state index in [2.05, 4.69) is 11.4 Å². The number of benzene rings is 1. The minimum atomic E-state index is -0.456. The highest BCUT2D eigenvalue weighted by Crippen LogP contribution is 2.48. The molecule has 1 aliphatic carbocycles. The summed E-state index contributed by atoms with van der Waals surface area (Å²) in [5.74, 6) is 0.0756. The SMILES string of the molecule is NCC1(C(=O)NCC2(c3cccc(Cl)c3)CC2)CCOCC1. The highest BCUT2D eigenvalue weighted by atomic mass is 35.5. The lowest BCUT2D eigenvalue weighted by Crippen LogP contribution is -2.50. The van der Waals surface area contributed by atoms with Gasteiger partial charge in [-0.15, -0.1) is 0 Å². The van der Waals surface area contributed by atoms with Crippen LogP contribution in [0.4, 0.5) is 0 Å². The first-order valence-corrected chi connectivity index (χ1v) is 8.30. The van der Waals surface area contributed by atoms with Gasteiger partial charge in [-0.3, -0.25) is 4.79 Å². The van der Waals surface area contributed by atoms with Gasteiger partial charge in [0.25, 0.3) is 0 Å². The lowest BCUT2D eigenvalue weighted by Gasteiger charge is -2.35. The van der Waals surface area contributed by atoms with Crippen LogP contribution < -0.4 is 11.1 Å². The molecular formula is C17H23ClN2O2. The third-order valence-electron chi connectivity index (χ3n) is 5.20. The second-order valence-corrected chi connectivity index (χ2v) is 7.01. The topological polar surface area (TPSA) is 64.4 Å². The van der Waals surface area contributed by atoms with Crippen LogP contribution in [0.5, 0.6) is 0 Å². The first-order valence-electron chi connectivity index (χ1n) is 7.92. The van der Waals surface area contributed by atoms with Gasteiger partial charge >= 0.3 is 0 Å². The van der Waals surface area contributed by atoms with Gasteiger partial charge in [0, 0.05) is 36.7 Å². The van der Waals surface area contributed by atoms with Gasteiger partial charge in [-0.2, -0.15) is 0 Å². The maximum Gasteiger partial charge on any atom is 0.227 e. The summed E-state index contributed by atoms with van der Waals surface area (Å²) in [5, 5.41) is 3.90. The quantitative estimate of drug-likeness (QED) is 0.874. The van der Waals surface area contributed by atoms with Crippen LogP contribution in [0.1, 0.15) is 31.2 Å². The van der Waals surface area contributed by atoms with E-state index >= 15 is 0 Å². The fourth-order valence-electron chi connectivity index (χ4n) is 3.26. The van der Waals surface area contributed by atoms with Gasteiger partial charge in [0.1, 0.15) is 0 Å². The average molecular weight is 323 g/mol. The van der Waals surface area contributed by atoms with Crippen molar-refractivity contribution in [3.63, 3.8) is 0 Å². The van der Waals surface area contributed by atoms with Crippen LogP contribution in [0.2, 0.25) is 5.02 Å². The molecule has 1 saturated heterocycles. The maximum absolute atomic E-state index is 12.7. The monoisotopic (exact) mass is 322 g/mol. The smallest absolute Gasteiger partial charge is 0.227 e. The van der Waals surface area contributed by atoms with Gasteiger partial charge in [0.15, 0.2) is 0 Å². The molecule has 2 aliphatic rings. The molecule has 1 saturated carbocycles. The predicted molar refractivity (Wildman–Crippen MR) is 86.9 cm³/mol. The molecule has 1 heterocycles. The van der Waals surface area contributed by atoms with Crippen molar-refractivity contribution in [2.45, 2.75) is 31.1 Å². The molecule has 0 bridgehead atoms. The van der Waals surface area contributed by atoms with E-state index in [9.17, 15) is 4.79 Å². The van der Waals surface area contributed by atoms with Gasteiger partial charge in [0.2, 0.25) is 5.91 Å². The van der Waals surface area contributed by atoms with E-state index in [1.54, 1.807) is 0 Å². The minimum Gasteiger partial charge on any atom is -0.381 e. The fraction of sp³-hybridized carbons (Fsp3) is 0.588. The van der Waals surface area contributed by atoms with E-state index in [1.165, 1.54) is 5.56 Å². The lowest BCUT2D eigenvalue weighted by molar-refractivity contribution is -0.136. The van der Waals surface area contributed by atoms with Gasteiger partial charge in [-0.05, 0) is 43.4 Å². The van der Waals surface area contributed by atoms with Gasteiger partial charge in [-0.1, -0.05) is 23.7 Å². The second-order valence-electron chi connectivity index (χ2n) is 6.57. The number of rotatable bonds is 5. The van der Waals surface area contributed by atoms with Crippen LogP contribution in [-0.2, 0) is 14.9 Å². The summed E-state index contributed by atoms with van der Waals surface area (Å²) in [6, 6.07) is 7.95. The van der Waals surface area contributed by atoms with Crippen molar-refractivity contribution in [2.24, 2.45) is 11.1 Å². The molecule has 3 N–H and O–H groups in total. The summed E-state index contributed by atoms with van der Waals surface area (Å²) in [5.41, 5.74) is 6.71. The van der Waals surface area contributed by atoms with Gasteiger partial charge in [-0.25, -0.2) is 0 Å². The molecule has 0 unspecified atom stereocenters. The van der Waals surface area contributed by atoms with Gasteiger partial charge < -0.3 is 15.8 Å². The Balaban J connectivity index is 1.65. The van der Waals surface area contributed by atoms with Crippen molar-refractivity contribution in [2.75, 3.05) is 26.3 Å². The molecular weight excluding hydrogens is 300 g/mol. The molecule has 5 heteroatoms. The first kappa shape index (κ1) is 15.8. The maximum atomic E-state index is 12.7. The minimum absolute atomic E-state index is 0.0571. The summed E-state index contributed by atoms with van der Waals surface area (Å²) >= 11 is 6.09. The summed E-state index contributed by atoms with van der Waals surface area (Å²) in [6.45, 7) is 2.27. The van der Waals surface area contributed by atoms with E-state index in [1.807, 2.05) is 18.2 Å². The van der Waals surface area contributed by atoms with E-state index < -0.39 is 5.41 Å². The summed E-state index contributed by atoms with van der Waals surface area (Å²) in [7, 11) is 0. The third kappa shape index (κ3) is 3.00. The predicted octanol–water partition coefficient (Wildman–Crippen LogP) is 2.24. The summed E-state index contributed by atoms with van der Waals surface area (Å²) in [4.78, 5) is 12.7. The molecule has 1 aromatic carbocycles. The number of hydrogen-bond donors (Lipinski definition) is 2. The number of amides is 1. The standard InChI is InChI=1S/C17H23ClN2O2/c18-14-3-1-2-13(10-14)17(4-5-17)12-20-15(21)16(11-19)6-8-22-9-7-16/h1-3,10H,4-9,11-12,19H2,(H,20,21). The lowest BCUT2D eigenvalue weighted by atomic mass is 9.79. The Morgan fingerprint density at radius 3 is 2.59 bits per heavy atom. The molecule has 2 fully saturated rings. The van der Waals surface area contributed by atoms with Crippen LogP contribution in [-0.4, -0.2) is 32.2 Å². The van der Waals surface area contributed by atoms with Crippen molar-refractivity contribution >= 4 is 17.5 Å². The molecule has 1 amide bonds. The molecule has 0 atom stereocenters. The van der Waals surface area contributed by atoms with Crippen molar-refractivity contribution in [3.8, 4) is 0 Å².